The highest BCUT2D eigenvalue weighted by molar-refractivity contribution is 6.03. The van der Waals surface area contributed by atoms with Gasteiger partial charge in [-0.25, -0.2) is 4.39 Å². The molecule has 1 saturated heterocycles. The number of pyridine rings is 2. The summed E-state index contributed by atoms with van der Waals surface area (Å²) in [5.41, 5.74) is 1.80. The molecule has 0 unspecified atom stereocenters. The van der Waals surface area contributed by atoms with Gasteiger partial charge in [0.25, 0.3) is 17.0 Å². The molecule has 210 valence electrons. The molecule has 1 aliphatic rings. The summed E-state index contributed by atoms with van der Waals surface area (Å²) < 4.78 is 28.3. The van der Waals surface area contributed by atoms with Crippen molar-refractivity contribution in [2.75, 3.05) is 39.4 Å². The van der Waals surface area contributed by atoms with Gasteiger partial charge in [0.2, 0.25) is 0 Å². The molecule has 1 amide bonds. The van der Waals surface area contributed by atoms with E-state index in [0.29, 0.717) is 59.7 Å². The molecule has 0 aliphatic carbocycles. The molecule has 10 nitrogen and oxygen atoms in total. The van der Waals surface area contributed by atoms with E-state index in [2.05, 4.69) is 15.2 Å². The van der Waals surface area contributed by atoms with Crippen LogP contribution >= 0.6 is 0 Å². The van der Waals surface area contributed by atoms with E-state index in [1.165, 1.54) is 21.3 Å². The maximum absolute atomic E-state index is 13.9. The summed E-state index contributed by atoms with van der Waals surface area (Å²) in [6.45, 7) is 7.55. The summed E-state index contributed by atoms with van der Waals surface area (Å²) in [5, 5.41) is 3.39. The van der Waals surface area contributed by atoms with Crippen molar-refractivity contribution in [3.63, 3.8) is 0 Å². The lowest BCUT2D eigenvalue weighted by Crippen LogP contribution is -2.41. The summed E-state index contributed by atoms with van der Waals surface area (Å²) in [6.07, 6.45) is 3.22. The molecule has 0 bridgehead atoms. The molecule has 2 N–H and O–H groups in total. The molecule has 0 saturated carbocycles. The lowest BCUT2D eigenvalue weighted by Gasteiger charge is -2.26. The summed E-state index contributed by atoms with van der Waals surface area (Å²) >= 11 is 0. The number of rotatable bonds is 7. The quantitative estimate of drug-likeness (QED) is 0.367. The topological polar surface area (TPSA) is 111 Å². The predicted octanol–water partition coefficient (Wildman–Crippen LogP) is 2.84. The summed E-state index contributed by atoms with van der Waals surface area (Å²) in [4.78, 5) is 44.6. The van der Waals surface area contributed by atoms with Crippen LogP contribution in [0.25, 0.3) is 22.0 Å². The number of aromatic nitrogens is 3. The molecule has 4 aromatic rings. The first-order valence-corrected chi connectivity index (χ1v) is 13.1. The molecule has 3 aromatic heterocycles. The van der Waals surface area contributed by atoms with Crippen molar-refractivity contribution in [3.8, 4) is 22.6 Å². The third-order valence-electron chi connectivity index (χ3n) is 7.17. The molecular formula is C29H32FN5O5. The number of nitrogens with zero attached hydrogens (tertiary/aromatic N) is 3. The molecule has 0 spiro atoms. The van der Waals surface area contributed by atoms with Gasteiger partial charge in [0.05, 0.1) is 13.2 Å². The minimum absolute atomic E-state index is 0.0282. The Balaban J connectivity index is 1.54. The van der Waals surface area contributed by atoms with Gasteiger partial charge in [0.15, 0.2) is 5.75 Å². The van der Waals surface area contributed by atoms with Gasteiger partial charge in [-0.15, -0.1) is 0 Å². The van der Waals surface area contributed by atoms with Gasteiger partial charge in [0.1, 0.15) is 22.8 Å². The molecular weight excluding hydrogens is 517 g/mol. The van der Waals surface area contributed by atoms with Gasteiger partial charge < -0.3 is 28.9 Å². The van der Waals surface area contributed by atoms with E-state index in [1.54, 1.807) is 52.5 Å². The highest BCUT2D eigenvalue weighted by Gasteiger charge is 2.22. The number of fused-ring (bicyclic) bond motifs is 1. The van der Waals surface area contributed by atoms with Crippen LogP contribution in [0.2, 0.25) is 0 Å². The van der Waals surface area contributed by atoms with Gasteiger partial charge >= 0.3 is 0 Å². The minimum atomic E-state index is -0.403. The third-order valence-corrected chi connectivity index (χ3v) is 7.17. The van der Waals surface area contributed by atoms with E-state index >= 15 is 0 Å². The van der Waals surface area contributed by atoms with Crippen molar-refractivity contribution in [1.29, 1.82) is 0 Å². The second-order valence-corrected chi connectivity index (χ2v) is 10.1. The van der Waals surface area contributed by atoms with Crippen LogP contribution in [-0.2, 0) is 18.8 Å². The first-order chi connectivity index (χ1) is 19.1. The Morgan fingerprint density at radius 1 is 1.02 bits per heavy atom. The molecule has 0 atom stereocenters. The summed E-state index contributed by atoms with van der Waals surface area (Å²) in [7, 11) is 3.21. The van der Waals surface area contributed by atoms with Crippen molar-refractivity contribution in [3.05, 3.63) is 80.0 Å². The van der Waals surface area contributed by atoms with E-state index in [1.807, 2.05) is 0 Å². The number of ether oxygens (including phenoxy) is 2. The van der Waals surface area contributed by atoms with Crippen LogP contribution in [0, 0.1) is 19.7 Å². The number of carbonyl (C=O) groups is 1. The molecule has 1 aromatic carbocycles. The maximum atomic E-state index is 13.9. The maximum Gasteiger partial charge on any atom is 0.293 e. The van der Waals surface area contributed by atoms with E-state index in [-0.39, 0.29) is 28.4 Å². The van der Waals surface area contributed by atoms with Crippen molar-refractivity contribution >= 4 is 16.8 Å². The third kappa shape index (κ3) is 5.30. The minimum Gasteiger partial charge on any atom is -0.450 e. The van der Waals surface area contributed by atoms with Crippen LogP contribution in [0.1, 0.15) is 21.6 Å². The van der Waals surface area contributed by atoms with Crippen LogP contribution in [-0.4, -0.2) is 64.3 Å². The Bertz CT molecular complexity index is 1690. The fraction of sp³-hybridized carbons (Fsp3) is 0.345. The van der Waals surface area contributed by atoms with Gasteiger partial charge in [-0.3, -0.25) is 19.3 Å². The van der Waals surface area contributed by atoms with Gasteiger partial charge in [-0.1, -0.05) is 0 Å². The normalized spacial score (nSPS) is 14.0. The Labute approximate surface area is 229 Å². The number of aromatic amines is 1. The number of hydrogen-bond acceptors (Lipinski definition) is 6. The van der Waals surface area contributed by atoms with Crippen LogP contribution in [0.4, 0.5) is 4.39 Å². The number of benzene rings is 1. The largest absolute Gasteiger partial charge is 0.450 e. The van der Waals surface area contributed by atoms with E-state index in [9.17, 15) is 18.8 Å². The summed E-state index contributed by atoms with van der Waals surface area (Å²) in [5.74, 6) is -0.330. The average Bonchev–Trinajstić information content (AvgIpc) is 3.37. The van der Waals surface area contributed by atoms with Crippen LogP contribution in [0.15, 0.2) is 46.2 Å². The van der Waals surface area contributed by atoms with Gasteiger partial charge in [-0.2, -0.15) is 0 Å². The Kier molecular flexibility index (Phi) is 7.59. The van der Waals surface area contributed by atoms with Crippen LogP contribution in [0.3, 0.4) is 0 Å². The average molecular weight is 550 g/mol. The number of amides is 1. The zero-order chi connectivity index (χ0) is 28.6. The lowest BCUT2D eigenvalue weighted by atomic mass is 10.0. The number of morpholine rings is 1. The van der Waals surface area contributed by atoms with Gasteiger partial charge in [0, 0.05) is 69.2 Å². The molecule has 4 heterocycles. The Morgan fingerprint density at radius 2 is 1.73 bits per heavy atom. The second kappa shape index (κ2) is 11.1. The van der Waals surface area contributed by atoms with Crippen LogP contribution < -0.4 is 21.2 Å². The van der Waals surface area contributed by atoms with E-state index in [0.717, 1.165) is 13.1 Å². The number of hydrogen-bond donors (Lipinski definition) is 2. The van der Waals surface area contributed by atoms with Crippen molar-refractivity contribution in [2.45, 2.75) is 13.8 Å². The number of carbonyl (C=O) groups excluding carboxylic acids is 1. The molecule has 11 heteroatoms. The molecule has 1 aliphatic heterocycles. The first-order valence-electron chi connectivity index (χ1n) is 13.1. The Morgan fingerprint density at radius 3 is 2.42 bits per heavy atom. The molecule has 5 rings (SSSR count). The molecule has 1 fully saturated rings. The fourth-order valence-electron chi connectivity index (χ4n) is 4.99. The zero-order valence-electron chi connectivity index (χ0n) is 23.0. The van der Waals surface area contributed by atoms with Gasteiger partial charge in [-0.05, 0) is 49.2 Å². The lowest BCUT2D eigenvalue weighted by molar-refractivity contribution is 0.0383. The van der Waals surface area contributed by atoms with Crippen molar-refractivity contribution in [2.24, 2.45) is 14.1 Å². The first kappa shape index (κ1) is 27.4. The van der Waals surface area contributed by atoms with Crippen molar-refractivity contribution in [1.82, 2.24) is 24.3 Å². The molecule has 0 radical (unpaired) electrons. The Hall–Kier alpha value is -4.22. The standard InChI is InChI=1S/C29H32FN5O5/c1-17-13-19(30)14-18(2)25(17)40-26-20(5-7-33(3)29(26)38)22-16-34(4)28(37)24-21(22)15-23(32-24)27(36)31-6-8-35-9-11-39-12-10-35/h5,7,13-16,32H,6,8-12H2,1-4H3,(H,31,36). The zero-order valence-corrected chi connectivity index (χ0v) is 23.0. The fourth-order valence-corrected chi connectivity index (χ4v) is 4.99. The molecule has 40 heavy (non-hydrogen) atoms. The second-order valence-electron chi connectivity index (χ2n) is 10.1. The number of H-pyrrole nitrogens is 1. The monoisotopic (exact) mass is 549 g/mol. The van der Waals surface area contributed by atoms with E-state index in [4.69, 9.17) is 9.47 Å². The number of nitrogens with one attached hydrogen (secondary N) is 2. The number of aryl methyl sites for hydroxylation is 4. The summed E-state index contributed by atoms with van der Waals surface area (Å²) in [6, 6.07) is 6.02. The van der Waals surface area contributed by atoms with Crippen LogP contribution in [0.5, 0.6) is 11.5 Å². The highest BCUT2D eigenvalue weighted by atomic mass is 19.1. The smallest absolute Gasteiger partial charge is 0.293 e. The number of halogens is 1. The highest BCUT2D eigenvalue weighted by Crippen LogP contribution is 2.36. The van der Waals surface area contributed by atoms with E-state index < -0.39 is 11.4 Å². The SMILES string of the molecule is Cc1cc(F)cc(C)c1Oc1c(-c2cn(C)c(=O)c3[nH]c(C(=O)NCCN4CCOCC4)cc23)ccn(C)c1=O. The van der Waals surface area contributed by atoms with Crippen molar-refractivity contribution < 1.29 is 18.7 Å². The predicted molar refractivity (Wildman–Crippen MR) is 150 cm³/mol.